The number of rotatable bonds is 3. The maximum atomic E-state index is 6.15. The van der Waals surface area contributed by atoms with E-state index < -0.39 is 0 Å². The van der Waals surface area contributed by atoms with E-state index in [9.17, 15) is 0 Å². The second-order valence-corrected chi connectivity index (χ2v) is 8.89. The van der Waals surface area contributed by atoms with Gasteiger partial charge in [-0.05, 0) is 18.4 Å². The lowest BCUT2D eigenvalue weighted by atomic mass is 10.1. The molecule has 2 heterocycles. The van der Waals surface area contributed by atoms with Crippen molar-refractivity contribution in [1.29, 1.82) is 0 Å². The molecule has 19 heavy (non-hydrogen) atoms. The quantitative estimate of drug-likeness (QED) is 0.759. The monoisotopic (exact) mass is 316 g/mol. The van der Waals surface area contributed by atoms with Crippen molar-refractivity contribution in [2.24, 2.45) is 5.92 Å². The van der Waals surface area contributed by atoms with E-state index in [0.717, 1.165) is 23.7 Å². The molecule has 0 aromatic carbocycles. The molecular weight excluding hydrogens is 296 g/mol. The molecule has 1 aromatic rings. The first-order valence-electron chi connectivity index (χ1n) is 6.76. The molecule has 5 heteroatoms. The highest BCUT2D eigenvalue weighted by molar-refractivity contribution is 8.07. The molecule has 0 N–H and O–H groups in total. The standard InChI is InChI=1S/C14H21ClN2S2/c1-8(2)5-11-6-13(15)17-14(16-11)12-7-18-9(3)10(4)19-12/h6,8-10,12H,5,7H2,1-4H3. The molecule has 1 fully saturated rings. The molecule has 1 saturated heterocycles. The molecule has 2 nitrogen and oxygen atoms in total. The van der Waals surface area contributed by atoms with Crippen LogP contribution in [0.15, 0.2) is 6.07 Å². The fourth-order valence-corrected chi connectivity index (χ4v) is 5.13. The summed E-state index contributed by atoms with van der Waals surface area (Å²) in [6.45, 7) is 8.98. The number of aromatic nitrogens is 2. The smallest absolute Gasteiger partial charge is 0.144 e. The Morgan fingerprint density at radius 1 is 1.32 bits per heavy atom. The molecule has 1 aromatic heterocycles. The number of nitrogens with zero attached hydrogens (tertiary/aromatic N) is 2. The van der Waals surface area contributed by atoms with Gasteiger partial charge in [0.1, 0.15) is 11.0 Å². The molecule has 3 unspecified atom stereocenters. The molecule has 106 valence electrons. The molecule has 0 bridgehead atoms. The zero-order valence-electron chi connectivity index (χ0n) is 11.9. The molecule has 0 aliphatic carbocycles. The lowest BCUT2D eigenvalue weighted by Crippen LogP contribution is -2.23. The summed E-state index contributed by atoms with van der Waals surface area (Å²) in [5.41, 5.74) is 1.07. The molecule has 2 rings (SSSR count). The summed E-state index contributed by atoms with van der Waals surface area (Å²) in [5.74, 6) is 2.59. The molecule has 1 aliphatic rings. The van der Waals surface area contributed by atoms with Crippen LogP contribution in [0.3, 0.4) is 0 Å². The van der Waals surface area contributed by atoms with Crippen molar-refractivity contribution in [3.8, 4) is 0 Å². The number of halogens is 1. The van der Waals surface area contributed by atoms with Gasteiger partial charge in [0.05, 0.1) is 5.25 Å². The summed E-state index contributed by atoms with van der Waals surface area (Å²) in [6.07, 6.45) is 0.964. The molecular formula is C14H21ClN2S2. The second kappa shape index (κ2) is 6.68. The van der Waals surface area contributed by atoms with Gasteiger partial charge in [-0.15, -0.1) is 11.8 Å². The van der Waals surface area contributed by atoms with Gasteiger partial charge in [-0.3, -0.25) is 0 Å². The average molecular weight is 317 g/mol. The van der Waals surface area contributed by atoms with Crippen LogP contribution in [0.25, 0.3) is 0 Å². The van der Waals surface area contributed by atoms with Crippen LogP contribution in [0.1, 0.15) is 44.5 Å². The predicted octanol–water partition coefficient (Wildman–Crippen LogP) is 4.63. The maximum Gasteiger partial charge on any atom is 0.144 e. The molecule has 1 aliphatic heterocycles. The summed E-state index contributed by atoms with van der Waals surface area (Å²) in [7, 11) is 0. The highest BCUT2D eigenvalue weighted by Gasteiger charge is 2.28. The van der Waals surface area contributed by atoms with E-state index in [1.807, 2.05) is 29.6 Å². The molecule has 0 spiro atoms. The van der Waals surface area contributed by atoms with Crippen molar-refractivity contribution < 1.29 is 0 Å². The summed E-state index contributed by atoms with van der Waals surface area (Å²) < 4.78 is 0. The third-order valence-corrected chi connectivity index (χ3v) is 6.80. The Balaban J connectivity index is 2.17. The molecule has 3 atom stereocenters. The van der Waals surface area contributed by atoms with Crippen LogP contribution >= 0.6 is 35.1 Å². The van der Waals surface area contributed by atoms with Crippen LogP contribution in [-0.2, 0) is 6.42 Å². The van der Waals surface area contributed by atoms with Crippen molar-refractivity contribution in [2.75, 3.05) is 5.75 Å². The number of hydrogen-bond acceptors (Lipinski definition) is 4. The minimum atomic E-state index is 0.376. The normalized spacial score (nSPS) is 27.8. The van der Waals surface area contributed by atoms with Crippen molar-refractivity contribution in [3.63, 3.8) is 0 Å². The lowest BCUT2D eigenvalue weighted by Gasteiger charge is -2.30. The van der Waals surface area contributed by atoms with E-state index in [1.54, 1.807) is 0 Å². The van der Waals surface area contributed by atoms with E-state index in [-0.39, 0.29) is 0 Å². The van der Waals surface area contributed by atoms with Gasteiger partial charge in [-0.2, -0.15) is 11.8 Å². The fourth-order valence-electron chi connectivity index (χ4n) is 2.07. The Labute approximate surface area is 129 Å². The topological polar surface area (TPSA) is 25.8 Å². The summed E-state index contributed by atoms with van der Waals surface area (Å²) in [6, 6.07) is 1.90. The summed E-state index contributed by atoms with van der Waals surface area (Å²) in [5, 5.41) is 2.30. The van der Waals surface area contributed by atoms with Crippen LogP contribution in [0.2, 0.25) is 5.15 Å². The Morgan fingerprint density at radius 2 is 2.05 bits per heavy atom. The minimum Gasteiger partial charge on any atom is -0.237 e. The SMILES string of the molecule is CC(C)Cc1cc(Cl)nc(C2CSC(C)C(C)S2)n1. The van der Waals surface area contributed by atoms with Crippen molar-refractivity contribution in [3.05, 3.63) is 22.7 Å². The number of thioether (sulfide) groups is 2. The average Bonchev–Trinajstić information content (AvgIpc) is 2.31. The van der Waals surface area contributed by atoms with Crippen LogP contribution in [0, 0.1) is 5.92 Å². The highest BCUT2D eigenvalue weighted by Crippen LogP contribution is 2.43. The van der Waals surface area contributed by atoms with Crippen LogP contribution in [-0.4, -0.2) is 26.2 Å². The van der Waals surface area contributed by atoms with Crippen molar-refractivity contribution in [1.82, 2.24) is 9.97 Å². The van der Waals surface area contributed by atoms with Crippen molar-refractivity contribution in [2.45, 2.75) is 49.9 Å². The Bertz CT molecular complexity index is 439. The molecule has 0 saturated carbocycles. The van der Waals surface area contributed by atoms with E-state index in [2.05, 4.69) is 32.7 Å². The van der Waals surface area contributed by atoms with Gasteiger partial charge < -0.3 is 0 Å². The van der Waals surface area contributed by atoms with Crippen LogP contribution < -0.4 is 0 Å². The summed E-state index contributed by atoms with van der Waals surface area (Å²) >= 11 is 10.1. The van der Waals surface area contributed by atoms with E-state index in [4.69, 9.17) is 16.6 Å². The van der Waals surface area contributed by atoms with E-state index >= 15 is 0 Å². The van der Waals surface area contributed by atoms with E-state index in [0.29, 0.717) is 26.8 Å². The van der Waals surface area contributed by atoms with Gasteiger partial charge in [0.15, 0.2) is 0 Å². The first-order valence-corrected chi connectivity index (χ1v) is 9.13. The van der Waals surface area contributed by atoms with Gasteiger partial charge in [0.25, 0.3) is 0 Å². The zero-order chi connectivity index (χ0) is 14.0. The fraction of sp³-hybridized carbons (Fsp3) is 0.714. The largest absolute Gasteiger partial charge is 0.237 e. The maximum absolute atomic E-state index is 6.15. The van der Waals surface area contributed by atoms with Crippen LogP contribution in [0.5, 0.6) is 0 Å². The summed E-state index contributed by atoms with van der Waals surface area (Å²) in [4.78, 5) is 9.17. The highest BCUT2D eigenvalue weighted by atomic mass is 35.5. The van der Waals surface area contributed by atoms with Crippen molar-refractivity contribution >= 4 is 35.1 Å². The van der Waals surface area contributed by atoms with Gasteiger partial charge >= 0.3 is 0 Å². The van der Waals surface area contributed by atoms with Gasteiger partial charge in [0, 0.05) is 21.9 Å². The van der Waals surface area contributed by atoms with E-state index in [1.165, 1.54) is 0 Å². The van der Waals surface area contributed by atoms with Gasteiger partial charge in [-0.1, -0.05) is 39.3 Å². The van der Waals surface area contributed by atoms with Gasteiger partial charge in [-0.25, -0.2) is 9.97 Å². The molecule has 0 amide bonds. The molecule has 0 radical (unpaired) electrons. The second-order valence-electron chi connectivity index (χ2n) is 5.51. The Kier molecular flexibility index (Phi) is 5.44. The third kappa shape index (κ3) is 4.27. The Morgan fingerprint density at radius 3 is 2.68 bits per heavy atom. The first kappa shape index (κ1) is 15.5. The zero-order valence-corrected chi connectivity index (χ0v) is 14.3. The van der Waals surface area contributed by atoms with Crippen LogP contribution in [0.4, 0.5) is 0 Å². The lowest BCUT2D eigenvalue weighted by molar-refractivity contribution is 0.630. The minimum absolute atomic E-state index is 0.376. The third-order valence-electron chi connectivity index (χ3n) is 3.22. The Hall–Kier alpha value is 0.0700. The van der Waals surface area contributed by atoms with Gasteiger partial charge in [0.2, 0.25) is 0 Å². The first-order chi connectivity index (χ1) is 8.95. The predicted molar refractivity (Wildman–Crippen MR) is 87.3 cm³/mol. The number of hydrogen-bond donors (Lipinski definition) is 0.